The van der Waals surface area contributed by atoms with Crippen molar-refractivity contribution in [3.05, 3.63) is 0 Å². The summed E-state index contributed by atoms with van der Waals surface area (Å²) in [5, 5.41) is 0. The van der Waals surface area contributed by atoms with Crippen LogP contribution in [0, 0.1) is 0 Å². The summed E-state index contributed by atoms with van der Waals surface area (Å²) in [6.45, 7) is 14.8. The Kier molecular flexibility index (Phi) is 6.61. The fourth-order valence-corrected chi connectivity index (χ4v) is 3.29. The van der Waals surface area contributed by atoms with Crippen molar-refractivity contribution < 1.29 is 0 Å². The molecular weight excluding hydrogens is 222 g/mol. The van der Waals surface area contributed by atoms with Crippen LogP contribution >= 0.6 is 0 Å². The molecule has 0 aromatic rings. The van der Waals surface area contributed by atoms with Gasteiger partial charge < -0.3 is 5.73 Å². The third kappa shape index (κ3) is 3.46. The molecule has 1 aliphatic rings. The van der Waals surface area contributed by atoms with E-state index in [-0.39, 0.29) is 5.54 Å². The molecule has 3 heteroatoms. The minimum atomic E-state index is 0.260. The lowest BCUT2D eigenvalue weighted by molar-refractivity contribution is 0.0153. The van der Waals surface area contributed by atoms with Gasteiger partial charge in [0.05, 0.1) is 0 Å². The summed E-state index contributed by atoms with van der Waals surface area (Å²) >= 11 is 0. The Morgan fingerprint density at radius 3 is 2.11 bits per heavy atom. The van der Waals surface area contributed by atoms with E-state index in [0.717, 1.165) is 12.6 Å². The van der Waals surface area contributed by atoms with Gasteiger partial charge in [0.2, 0.25) is 0 Å². The number of rotatable bonds is 7. The van der Waals surface area contributed by atoms with Gasteiger partial charge in [-0.1, -0.05) is 27.2 Å². The number of hydrogen-bond acceptors (Lipinski definition) is 3. The minimum absolute atomic E-state index is 0.260. The van der Waals surface area contributed by atoms with E-state index < -0.39 is 0 Å². The van der Waals surface area contributed by atoms with E-state index in [2.05, 4.69) is 37.5 Å². The average molecular weight is 255 g/mol. The second-order valence-electron chi connectivity index (χ2n) is 5.81. The van der Waals surface area contributed by atoms with Crippen molar-refractivity contribution in [2.24, 2.45) is 5.73 Å². The van der Waals surface area contributed by atoms with Gasteiger partial charge in [0, 0.05) is 44.3 Å². The molecule has 3 nitrogen and oxygen atoms in total. The molecule has 2 N–H and O–H groups in total. The molecule has 108 valence electrons. The van der Waals surface area contributed by atoms with Crippen LogP contribution in [-0.4, -0.2) is 54.1 Å². The predicted octanol–water partition coefficient (Wildman–Crippen LogP) is 2.31. The molecular formula is C15H33N3. The third-order valence-corrected chi connectivity index (χ3v) is 4.95. The molecule has 18 heavy (non-hydrogen) atoms. The van der Waals surface area contributed by atoms with Crippen molar-refractivity contribution in [2.75, 3.05) is 32.7 Å². The van der Waals surface area contributed by atoms with Gasteiger partial charge in [0.1, 0.15) is 0 Å². The van der Waals surface area contributed by atoms with Gasteiger partial charge >= 0.3 is 0 Å². The van der Waals surface area contributed by atoms with Crippen LogP contribution in [0.3, 0.4) is 0 Å². The van der Waals surface area contributed by atoms with Crippen molar-refractivity contribution >= 4 is 0 Å². The van der Waals surface area contributed by atoms with Crippen LogP contribution < -0.4 is 5.73 Å². The zero-order chi connectivity index (χ0) is 13.6. The van der Waals surface area contributed by atoms with Gasteiger partial charge in [-0.15, -0.1) is 0 Å². The standard InChI is InChI=1S/C15H33N3/c1-5-8-15(7-3,13-16)18-11-9-17(10-12-18)14(4)6-2/h14H,5-13,16H2,1-4H3. The van der Waals surface area contributed by atoms with Gasteiger partial charge in [-0.2, -0.15) is 0 Å². The van der Waals surface area contributed by atoms with E-state index in [0.29, 0.717) is 0 Å². The van der Waals surface area contributed by atoms with Crippen LogP contribution in [0.25, 0.3) is 0 Å². The van der Waals surface area contributed by atoms with Gasteiger partial charge in [-0.3, -0.25) is 9.80 Å². The van der Waals surface area contributed by atoms with Crippen LogP contribution in [0.5, 0.6) is 0 Å². The van der Waals surface area contributed by atoms with Crippen LogP contribution in [0.15, 0.2) is 0 Å². The zero-order valence-corrected chi connectivity index (χ0v) is 12.9. The Morgan fingerprint density at radius 2 is 1.72 bits per heavy atom. The summed E-state index contributed by atoms with van der Waals surface area (Å²) in [6.07, 6.45) is 4.91. The number of nitrogens with zero attached hydrogens (tertiary/aromatic N) is 2. The molecule has 0 aliphatic carbocycles. The lowest BCUT2D eigenvalue weighted by Crippen LogP contribution is -2.60. The first-order chi connectivity index (χ1) is 8.63. The van der Waals surface area contributed by atoms with Crippen molar-refractivity contribution in [1.29, 1.82) is 0 Å². The Hall–Kier alpha value is -0.120. The van der Waals surface area contributed by atoms with E-state index in [4.69, 9.17) is 5.73 Å². The van der Waals surface area contributed by atoms with E-state index in [1.54, 1.807) is 0 Å². The second-order valence-corrected chi connectivity index (χ2v) is 5.81. The lowest BCUT2D eigenvalue weighted by Gasteiger charge is -2.48. The van der Waals surface area contributed by atoms with Crippen LogP contribution in [0.2, 0.25) is 0 Å². The monoisotopic (exact) mass is 255 g/mol. The molecule has 1 rings (SSSR count). The second kappa shape index (κ2) is 7.46. The van der Waals surface area contributed by atoms with Crippen molar-refractivity contribution in [3.8, 4) is 0 Å². The fraction of sp³-hybridized carbons (Fsp3) is 1.00. The molecule has 0 bridgehead atoms. The molecule has 0 saturated carbocycles. The molecule has 1 saturated heterocycles. The molecule has 0 radical (unpaired) electrons. The van der Waals surface area contributed by atoms with Crippen LogP contribution in [-0.2, 0) is 0 Å². The van der Waals surface area contributed by atoms with E-state index >= 15 is 0 Å². The minimum Gasteiger partial charge on any atom is -0.329 e. The topological polar surface area (TPSA) is 32.5 Å². The highest BCUT2D eigenvalue weighted by Gasteiger charge is 2.35. The van der Waals surface area contributed by atoms with Gasteiger partial charge in [-0.05, 0) is 26.2 Å². The maximum Gasteiger partial charge on any atom is 0.0330 e. The summed E-state index contributed by atoms with van der Waals surface area (Å²) < 4.78 is 0. The first kappa shape index (κ1) is 15.9. The highest BCUT2D eigenvalue weighted by molar-refractivity contribution is 4.93. The predicted molar refractivity (Wildman–Crippen MR) is 79.9 cm³/mol. The van der Waals surface area contributed by atoms with E-state index in [9.17, 15) is 0 Å². The highest BCUT2D eigenvalue weighted by atomic mass is 15.3. The normalized spacial score (nSPS) is 23.8. The summed E-state index contributed by atoms with van der Waals surface area (Å²) in [5.41, 5.74) is 6.36. The molecule has 1 aliphatic heterocycles. The van der Waals surface area contributed by atoms with Crippen molar-refractivity contribution in [3.63, 3.8) is 0 Å². The molecule has 0 aromatic heterocycles. The Labute approximate surface area is 114 Å². The molecule has 0 aromatic carbocycles. The molecule has 0 amide bonds. The van der Waals surface area contributed by atoms with Gasteiger partial charge in [-0.25, -0.2) is 0 Å². The van der Waals surface area contributed by atoms with Gasteiger partial charge in [0.25, 0.3) is 0 Å². The summed E-state index contributed by atoms with van der Waals surface area (Å²) in [4.78, 5) is 5.29. The zero-order valence-electron chi connectivity index (χ0n) is 12.9. The fourth-order valence-electron chi connectivity index (χ4n) is 3.29. The maximum absolute atomic E-state index is 6.10. The SMILES string of the molecule is CCCC(CC)(CN)N1CCN(C(C)CC)CC1. The Morgan fingerprint density at radius 1 is 1.11 bits per heavy atom. The van der Waals surface area contributed by atoms with Crippen LogP contribution in [0.1, 0.15) is 53.4 Å². The number of hydrogen-bond donors (Lipinski definition) is 1. The molecule has 0 spiro atoms. The number of nitrogens with two attached hydrogens (primary N) is 1. The first-order valence-corrected chi connectivity index (χ1v) is 7.82. The summed E-state index contributed by atoms with van der Waals surface area (Å²) in [5.74, 6) is 0. The highest BCUT2D eigenvalue weighted by Crippen LogP contribution is 2.26. The van der Waals surface area contributed by atoms with Crippen molar-refractivity contribution in [2.45, 2.75) is 65.0 Å². The van der Waals surface area contributed by atoms with E-state index in [1.807, 2.05) is 0 Å². The molecule has 1 heterocycles. The molecule has 2 unspecified atom stereocenters. The largest absolute Gasteiger partial charge is 0.329 e. The first-order valence-electron chi connectivity index (χ1n) is 7.82. The smallest absolute Gasteiger partial charge is 0.0330 e. The molecule has 1 fully saturated rings. The maximum atomic E-state index is 6.10. The third-order valence-electron chi connectivity index (χ3n) is 4.95. The lowest BCUT2D eigenvalue weighted by atomic mass is 9.88. The quantitative estimate of drug-likeness (QED) is 0.758. The summed E-state index contributed by atoms with van der Waals surface area (Å²) in [6, 6.07) is 0.729. The average Bonchev–Trinajstić information content (AvgIpc) is 2.44. The van der Waals surface area contributed by atoms with Gasteiger partial charge in [0.15, 0.2) is 0 Å². The Balaban J connectivity index is 2.59. The Bertz CT molecular complexity index is 218. The van der Waals surface area contributed by atoms with Crippen LogP contribution in [0.4, 0.5) is 0 Å². The van der Waals surface area contributed by atoms with E-state index in [1.165, 1.54) is 51.9 Å². The molecule has 2 atom stereocenters. The number of piperazine rings is 1. The summed E-state index contributed by atoms with van der Waals surface area (Å²) in [7, 11) is 0. The van der Waals surface area contributed by atoms with Crippen molar-refractivity contribution in [1.82, 2.24) is 9.80 Å².